The molecule has 1 saturated heterocycles. The Labute approximate surface area is 153 Å². The molecule has 25 heavy (non-hydrogen) atoms. The van der Waals surface area contributed by atoms with Gasteiger partial charge in [-0.25, -0.2) is 8.42 Å². The van der Waals surface area contributed by atoms with Crippen LogP contribution in [0.2, 0.25) is 5.02 Å². The highest BCUT2D eigenvalue weighted by atomic mass is 35.5. The molecule has 1 aromatic carbocycles. The van der Waals surface area contributed by atoms with Crippen molar-refractivity contribution in [1.29, 1.82) is 0 Å². The fraction of sp³-hybridized carbons (Fsp3) is 0.562. The van der Waals surface area contributed by atoms with Crippen molar-refractivity contribution in [2.45, 2.75) is 38.3 Å². The largest absolute Gasteiger partial charge is 0.496 e. The monoisotopic (exact) mass is 389 g/mol. The zero-order valence-corrected chi connectivity index (χ0v) is 16.1. The first-order valence-corrected chi connectivity index (χ1v) is 10.4. The molecule has 0 aromatic heterocycles. The first-order chi connectivity index (χ1) is 11.7. The average molecular weight is 390 g/mol. The number of carbonyl (C=O) groups excluding carboxylic acids is 1. The fourth-order valence-corrected chi connectivity index (χ4v) is 3.79. The molecule has 1 amide bonds. The number of ether oxygens (including phenoxy) is 1. The van der Waals surface area contributed by atoms with E-state index in [0.29, 0.717) is 0 Å². The summed E-state index contributed by atoms with van der Waals surface area (Å²) in [6.07, 6.45) is 3.90. The molecule has 7 nitrogen and oxygen atoms in total. The van der Waals surface area contributed by atoms with Crippen LogP contribution in [-0.2, 0) is 10.0 Å². The van der Waals surface area contributed by atoms with Gasteiger partial charge in [-0.15, -0.1) is 0 Å². The third-order valence-electron chi connectivity index (χ3n) is 4.17. The molecule has 1 aliphatic heterocycles. The summed E-state index contributed by atoms with van der Waals surface area (Å²) in [6.45, 7) is 2.96. The fourth-order valence-electron chi connectivity index (χ4n) is 2.97. The van der Waals surface area contributed by atoms with Crippen LogP contribution >= 0.6 is 11.6 Å². The summed E-state index contributed by atoms with van der Waals surface area (Å²) in [5.41, 5.74) is 0.372. The zero-order chi connectivity index (χ0) is 18.6. The van der Waals surface area contributed by atoms with Gasteiger partial charge in [0.1, 0.15) is 5.75 Å². The van der Waals surface area contributed by atoms with Gasteiger partial charge >= 0.3 is 0 Å². The van der Waals surface area contributed by atoms with Crippen molar-refractivity contribution in [2.24, 2.45) is 0 Å². The summed E-state index contributed by atoms with van der Waals surface area (Å²) < 4.78 is 30.5. The maximum absolute atomic E-state index is 12.7. The number of hydrogen-bond acceptors (Lipinski definition) is 5. The van der Waals surface area contributed by atoms with Crippen molar-refractivity contribution in [3.05, 3.63) is 22.7 Å². The molecule has 2 atom stereocenters. The normalized spacial score (nSPS) is 18.6. The Morgan fingerprint density at radius 1 is 1.48 bits per heavy atom. The average Bonchev–Trinajstić information content (AvgIpc) is 3.06. The highest BCUT2D eigenvalue weighted by Crippen LogP contribution is 2.31. The van der Waals surface area contributed by atoms with E-state index < -0.39 is 10.0 Å². The Balaban J connectivity index is 2.28. The maximum Gasteiger partial charge on any atom is 0.255 e. The lowest BCUT2D eigenvalue weighted by Crippen LogP contribution is -2.47. The van der Waals surface area contributed by atoms with Gasteiger partial charge < -0.3 is 15.4 Å². The number of rotatable bonds is 7. The van der Waals surface area contributed by atoms with Gasteiger partial charge in [-0.3, -0.25) is 9.52 Å². The smallest absolute Gasteiger partial charge is 0.255 e. The molecular formula is C16H24ClN3O4S. The summed E-state index contributed by atoms with van der Waals surface area (Å²) in [6, 6.07) is 3.05. The topological polar surface area (TPSA) is 96.5 Å². The third-order valence-corrected chi connectivity index (χ3v) is 5.07. The lowest BCUT2D eigenvalue weighted by atomic mass is 10.0. The number of sulfonamides is 1. The number of amides is 1. The molecule has 1 heterocycles. The van der Waals surface area contributed by atoms with E-state index in [0.717, 1.165) is 32.1 Å². The molecule has 0 bridgehead atoms. The van der Waals surface area contributed by atoms with Crippen molar-refractivity contribution >= 4 is 33.2 Å². The van der Waals surface area contributed by atoms with Crippen LogP contribution in [0.25, 0.3) is 0 Å². The van der Waals surface area contributed by atoms with Crippen LogP contribution in [0.15, 0.2) is 12.1 Å². The molecule has 140 valence electrons. The standard InChI is InChI=1S/C16H24ClN3O4S/c1-4-12(13-6-5-7-18-13)19-16(21)10-8-14(20-25(3,22)23)11(17)9-15(10)24-2/h8-9,12-13,18,20H,4-7H2,1-3H3,(H,19,21). The minimum Gasteiger partial charge on any atom is -0.496 e. The number of nitrogens with one attached hydrogen (secondary N) is 3. The number of carbonyl (C=O) groups is 1. The quantitative estimate of drug-likeness (QED) is 0.662. The van der Waals surface area contributed by atoms with E-state index in [4.69, 9.17) is 16.3 Å². The summed E-state index contributed by atoms with van der Waals surface area (Å²) in [7, 11) is -2.09. The summed E-state index contributed by atoms with van der Waals surface area (Å²) in [5, 5.41) is 6.55. The minimum absolute atomic E-state index is 0.0123. The summed E-state index contributed by atoms with van der Waals surface area (Å²) in [5.74, 6) is -0.0404. The zero-order valence-electron chi connectivity index (χ0n) is 14.6. The Morgan fingerprint density at radius 2 is 2.20 bits per heavy atom. The van der Waals surface area contributed by atoms with E-state index in [1.807, 2.05) is 6.92 Å². The molecule has 2 rings (SSSR count). The van der Waals surface area contributed by atoms with Crippen LogP contribution in [0.1, 0.15) is 36.5 Å². The molecule has 2 unspecified atom stereocenters. The van der Waals surface area contributed by atoms with Crippen LogP contribution in [0.5, 0.6) is 5.75 Å². The number of methoxy groups -OCH3 is 1. The molecule has 1 fully saturated rings. The second-order valence-corrected chi connectivity index (χ2v) is 8.25. The Bertz CT molecular complexity index is 733. The lowest BCUT2D eigenvalue weighted by Gasteiger charge is -2.24. The van der Waals surface area contributed by atoms with Crippen molar-refractivity contribution in [3.8, 4) is 5.75 Å². The van der Waals surface area contributed by atoms with Crippen molar-refractivity contribution in [1.82, 2.24) is 10.6 Å². The van der Waals surface area contributed by atoms with Gasteiger partial charge in [0.2, 0.25) is 10.0 Å². The maximum atomic E-state index is 12.7. The van der Waals surface area contributed by atoms with Gasteiger partial charge in [0.05, 0.1) is 29.6 Å². The van der Waals surface area contributed by atoms with E-state index in [2.05, 4.69) is 15.4 Å². The Kier molecular flexibility index (Phi) is 6.53. The minimum atomic E-state index is -3.52. The molecule has 0 saturated carbocycles. The highest BCUT2D eigenvalue weighted by Gasteiger charge is 2.26. The van der Waals surface area contributed by atoms with Gasteiger partial charge in [-0.05, 0) is 31.9 Å². The van der Waals surface area contributed by atoms with E-state index in [1.165, 1.54) is 19.2 Å². The van der Waals surface area contributed by atoms with E-state index in [9.17, 15) is 13.2 Å². The van der Waals surface area contributed by atoms with Crippen LogP contribution in [0.4, 0.5) is 5.69 Å². The molecule has 1 aliphatic rings. The molecule has 9 heteroatoms. The van der Waals surface area contributed by atoms with Crippen molar-refractivity contribution < 1.29 is 17.9 Å². The SMILES string of the molecule is CCC(NC(=O)c1cc(NS(C)(=O)=O)c(Cl)cc1OC)C1CCCN1. The van der Waals surface area contributed by atoms with Gasteiger partial charge in [0.15, 0.2) is 0 Å². The molecule has 0 radical (unpaired) electrons. The number of benzene rings is 1. The van der Waals surface area contributed by atoms with Gasteiger partial charge in [-0.1, -0.05) is 18.5 Å². The molecule has 0 spiro atoms. The Morgan fingerprint density at radius 3 is 2.72 bits per heavy atom. The number of hydrogen-bond donors (Lipinski definition) is 3. The second-order valence-electron chi connectivity index (χ2n) is 6.10. The first-order valence-electron chi connectivity index (χ1n) is 8.14. The van der Waals surface area contributed by atoms with Crippen LogP contribution in [-0.4, -0.2) is 46.3 Å². The molecule has 0 aliphatic carbocycles. The lowest BCUT2D eigenvalue weighted by molar-refractivity contribution is 0.0924. The van der Waals surface area contributed by atoms with Gasteiger partial charge in [0.25, 0.3) is 5.91 Å². The number of halogens is 1. The van der Waals surface area contributed by atoms with Gasteiger partial charge in [0, 0.05) is 18.2 Å². The molecule has 1 aromatic rings. The molecular weight excluding hydrogens is 366 g/mol. The third kappa shape index (κ3) is 5.23. The van der Waals surface area contributed by atoms with Crippen LogP contribution in [0.3, 0.4) is 0 Å². The highest BCUT2D eigenvalue weighted by molar-refractivity contribution is 7.92. The predicted octanol–water partition coefficient (Wildman–Crippen LogP) is 1.98. The second kappa shape index (κ2) is 8.25. The summed E-state index contributed by atoms with van der Waals surface area (Å²) in [4.78, 5) is 12.7. The van der Waals surface area contributed by atoms with E-state index in [1.54, 1.807) is 0 Å². The van der Waals surface area contributed by atoms with E-state index >= 15 is 0 Å². The van der Waals surface area contributed by atoms with Gasteiger partial charge in [-0.2, -0.15) is 0 Å². The van der Waals surface area contributed by atoms with Crippen molar-refractivity contribution in [2.75, 3.05) is 24.6 Å². The first kappa shape index (κ1) is 19.8. The Hall–Kier alpha value is -1.51. The van der Waals surface area contributed by atoms with E-state index in [-0.39, 0.29) is 40.0 Å². The van der Waals surface area contributed by atoms with Crippen molar-refractivity contribution in [3.63, 3.8) is 0 Å². The predicted molar refractivity (Wildman–Crippen MR) is 99.0 cm³/mol. The van der Waals surface area contributed by atoms with Crippen LogP contribution in [0, 0.1) is 0 Å². The van der Waals surface area contributed by atoms with Crippen LogP contribution < -0.4 is 20.1 Å². The molecule has 3 N–H and O–H groups in total. The number of anilines is 1. The summed E-state index contributed by atoms with van der Waals surface area (Å²) >= 11 is 6.08.